The van der Waals surface area contributed by atoms with E-state index in [2.05, 4.69) is 21.3 Å². The largest absolute Gasteiger partial charge is 0.378 e. The predicted octanol–water partition coefficient (Wildman–Crippen LogP) is 1.91. The van der Waals surface area contributed by atoms with Gasteiger partial charge in [-0.05, 0) is 44.1 Å². The summed E-state index contributed by atoms with van der Waals surface area (Å²) < 4.78 is 9.41. The fraction of sp³-hybridized carbons (Fsp3) is 0.435. The van der Waals surface area contributed by atoms with Crippen LogP contribution in [0.1, 0.15) is 24.5 Å². The van der Waals surface area contributed by atoms with Gasteiger partial charge in [-0.15, -0.1) is 0 Å². The number of fused-ring (bicyclic) bond motifs is 1. The summed E-state index contributed by atoms with van der Waals surface area (Å²) in [5.74, 6) is 2.70. The molecule has 0 saturated carbocycles. The van der Waals surface area contributed by atoms with Crippen LogP contribution in [0.3, 0.4) is 0 Å². The molecule has 10 nitrogen and oxygen atoms in total. The molecular formula is C23H27N9O. The monoisotopic (exact) mass is 445 g/mol. The number of aryl methyl sites for hydroxylation is 1. The normalized spacial score (nSPS) is 17.7. The summed E-state index contributed by atoms with van der Waals surface area (Å²) in [6.45, 7) is 4.96. The fourth-order valence-corrected chi connectivity index (χ4v) is 4.68. The van der Waals surface area contributed by atoms with Gasteiger partial charge in [-0.25, -0.2) is 9.67 Å². The smallest absolute Gasteiger partial charge is 0.254 e. The average Bonchev–Trinajstić information content (AvgIpc) is 3.51. The zero-order chi connectivity index (χ0) is 22.2. The molecule has 0 spiro atoms. The third-order valence-corrected chi connectivity index (χ3v) is 6.51. The minimum absolute atomic E-state index is 0.477. The number of nitrogens with zero attached hydrogens (tertiary/aromatic N) is 8. The van der Waals surface area contributed by atoms with Gasteiger partial charge < -0.3 is 19.5 Å². The van der Waals surface area contributed by atoms with Crippen molar-refractivity contribution in [1.82, 2.24) is 39.6 Å². The van der Waals surface area contributed by atoms with Crippen molar-refractivity contribution in [1.29, 1.82) is 0 Å². The Morgan fingerprint density at radius 1 is 1.00 bits per heavy atom. The second-order valence-corrected chi connectivity index (χ2v) is 8.56. The highest BCUT2D eigenvalue weighted by Crippen LogP contribution is 2.30. The molecule has 170 valence electrons. The molecule has 0 aliphatic carbocycles. The van der Waals surface area contributed by atoms with Crippen LogP contribution in [-0.2, 0) is 11.8 Å². The standard InChI is InChI=1S/C23H27N9O/c1-30-20(17-4-9-25-10-5-17)26-19-21(30)27-23(28-22(19)31-12-14-33-15-13-31)32-11-6-18(29-32)16-2-7-24-8-3-16/h4-6,9-11,16,24H,2-3,7-8,12-15H2,1H3. The summed E-state index contributed by atoms with van der Waals surface area (Å²) in [4.78, 5) is 21.2. The van der Waals surface area contributed by atoms with E-state index in [-0.39, 0.29) is 0 Å². The van der Waals surface area contributed by atoms with Crippen LogP contribution in [0.2, 0.25) is 0 Å². The first-order chi connectivity index (χ1) is 16.3. The minimum atomic E-state index is 0.477. The molecule has 4 aromatic heterocycles. The summed E-state index contributed by atoms with van der Waals surface area (Å²) in [5, 5.41) is 8.29. The Bertz CT molecular complexity index is 1250. The lowest BCUT2D eigenvalue weighted by Gasteiger charge is -2.28. The van der Waals surface area contributed by atoms with E-state index in [1.54, 1.807) is 17.1 Å². The van der Waals surface area contributed by atoms with Crippen molar-refractivity contribution in [3.05, 3.63) is 42.5 Å². The summed E-state index contributed by atoms with van der Waals surface area (Å²) in [6.07, 6.45) is 7.74. The van der Waals surface area contributed by atoms with E-state index in [1.165, 1.54) is 0 Å². The number of nitrogens with one attached hydrogen (secondary N) is 1. The minimum Gasteiger partial charge on any atom is -0.378 e. The molecule has 2 fully saturated rings. The Balaban J connectivity index is 1.47. The topological polar surface area (TPSA) is 98.8 Å². The molecule has 0 amide bonds. The van der Waals surface area contributed by atoms with E-state index >= 15 is 0 Å². The van der Waals surface area contributed by atoms with Crippen molar-refractivity contribution in [2.24, 2.45) is 7.05 Å². The van der Waals surface area contributed by atoms with E-state index < -0.39 is 0 Å². The lowest BCUT2D eigenvalue weighted by Crippen LogP contribution is -2.37. The molecule has 1 N–H and O–H groups in total. The van der Waals surface area contributed by atoms with Crippen LogP contribution < -0.4 is 10.2 Å². The van der Waals surface area contributed by atoms with E-state index in [1.807, 2.05) is 29.9 Å². The molecule has 0 bridgehead atoms. The highest BCUT2D eigenvalue weighted by atomic mass is 16.5. The quantitative estimate of drug-likeness (QED) is 0.509. The first-order valence-electron chi connectivity index (χ1n) is 11.5. The Hall–Kier alpha value is -3.37. The number of pyridine rings is 1. The first kappa shape index (κ1) is 20.3. The molecule has 0 radical (unpaired) electrons. The molecule has 0 unspecified atom stereocenters. The summed E-state index contributed by atoms with van der Waals surface area (Å²) in [7, 11) is 1.99. The molecule has 4 aromatic rings. The zero-order valence-corrected chi connectivity index (χ0v) is 18.7. The predicted molar refractivity (Wildman–Crippen MR) is 125 cm³/mol. The maximum Gasteiger partial charge on any atom is 0.254 e. The van der Waals surface area contributed by atoms with Gasteiger partial charge in [0.15, 0.2) is 17.0 Å². The van der Waals surface area contributed by atoms with Crippen molar-refractivity contribution in [2.45, 2.75) is 18.8 Å². The van der Waals surface area contributed by atoms with Crippen molar-refractivity contribution in [3.63, 3.8) is 0 Å². The lowest BCUT2D eigenvalue weighted by molar-refractivity contribution is 0.122. The average molecular weight is 446 g/mol. The first-order valence-corrected chi connectivity index (χ1v) is 11.5. The number of ether oxygens (including phenoxy) is 1. The lowest BCUT2D eigenvalue weighted by atomic mass is 9.95. The number of hydrogen-bond donors (Lipinski definition) is 1. The molecule has 2 saturated heterocycles. The summed E-state index contributed by atoms with van der Waals surface area (Å²) in [5.41, 5.74) is 3.68. The number of aromatic nitrogens is 7. The van der Waals surface area contributed by atoms with E-state index in [4.69, 9.17) is 24.8 Å². The van der Waals surface area contributed by atoms with Crippen LogP contribution >= 0.6 is 0 Å². The number of hydrogen-bond acceptors (Lipinski definition) is 8. The molecule has 10 heteroatoms. The van der Waals surface area contributed by atoms with Gasteiger partial charge in [-0.2, -0.15) is 15.1 Å². The van der Waals surface area contributed by atoms with Gasteiger partial charge in [0.05, 0.1) is 18.9 Å². The van der Waals surface area contributed by atoms with Gasteiger partial charge in [0, 0.05) is 50.2 Å². The number of morpholine rings is 1. The van der Waals surface area contributed by atoms with Crippen LogP contribution in [0.25, 0.3) is 28.5 Å². The molecule has 0 aromatic carbocycles. The highest BCUT2D eigenvalue weighted by Gasteiger charge is 2.24. The van der Waals surface area contributed by atoms with Crippen molar-refractivity contribution in [2.75, 3.05) is 44.3 Å². The van der Waals surface area contributed by atoms with Crippen molar-refractivity contribution >= 4 is 17.0 Å². The molecule has 33 heavy (non-hydrogen) atoms. The molecule has 0 atom stereocenters. The van der Waals surface area contributed by atoms with Crippen LogP contribution in [0.15, 0.2) is 36.8 Å². The Morgan fingerprint density at radius 2 is 1.79 bits per heavy atom. The van der Waals surface area contributed by atoms with Crippen molar-refractivity contribution in [3.8, 4) is 17.3 Å². The zero-order valence-electron chi connectivity index (χ0n) is 18.7. The molecular weight excluding hydrogens is 418 g/mol. The van der Waals surface area contributed by atoms with Crippen LogP contribution in [0, 0.1) is 0 Å². The molecule has 2 aliphatic heterocycles. The van der Waals surface area contributed by atoms with Gasteiger partial charge in [-0.1, -0.05) is 0 Å². The maximum atomic E-state index is 5.58. The van der Waals surface area contributed by atoms with E-state index in [0.29, 0.717) is 25.1 Å². The van der Waals surface area contributed by atoms with E-state index in [9.17, 15) is 0 Å². The third-order valence-electron chi connectivity index (χ3n) is 6.51. The summed E-state index contributed by atoms with van der Waals surface area (Å²) >= 11 is 0. The van der Waals surface area contributed by atoms with Crippen LogP contribution in [0.5, 0.6) is 0 Å². The number of imidazole rings is 1. The number of piperidine rings is 1. The van der Waals surface area contributed by atoms with Crippen LogP contribution in [-0.4, -0.2) is 73.7 Å². The van der Waals surface area contributed by atoms with Crippen LogP contribution in [0.4, 0.5) is 5.82 Å². The van der Waals surface area contributed by atoms with Gasteiger partial charge in [-0.3, -0.25) is 4.98 Å². The highest BCUT2D eigenvalue weighted by molar-refractivity contribution is 5.87. The van der Waals surface area contributed by atoms with E-state index in [0.717, 1.165) is 73.1 Å². The van der Waals surface area contributed by atoms with Crippen molar-refractivity contribution < 1.29 is 4.74 Å². The Kier molecular flexibility index (Phi) is 5.23. The fourth-order valence-electron chi connectivity index (χ4n) is 4.68. The second kappa shape index (κ2) is 8.53. The SMILES string of the molecule is Cn1c(-c2ccncc2)nc2c(N3CCOCC3)nc(-n3ccc(C4CCNCC4)n3)nc21. The number of anilines is 1. The van der Waals surface area contributed by atoms with Gasteiger partial charge in [0.2, 0.25) is 0 Å². The maximum absolute atomic E-state index is 5.58. The third kappa shape index (κ3) is 3.75. The second-order valence-electron chi connectivity index (χ2n) is 8.56. The number of rotatable bonds is 4. The molecule has 2 aliphatic rings. The van der Waals surface area contributed by atoms with Gasteiger partial charge in [0.25, 0.3) is 5.95 Å². The summed E-state index contributed by atoms with van der Waals surface area (Å²) in [6, 6.07) is 6.02. The van der Waals surface area contributed by atoms with Gasteiger partial charge in [0.1, 0.15) is 5.82 Å². The molecule has 6 rings (SSSR count). The molecule has 6 heterocycles. The van der Waals surface area contributed by atoms with Gasteiger partial charge >= 0.3 is 0 Å². The Labute approximate surface area is 191 Å². The Morgan fingerprint density at radius 3 is 2.58 bits per heavy atom.